The fraction of sp³-hybridized carbons (Fsp3) is 0.500. The minimum absolute atomic E-state index is 0.237. The van der Waals surface area contributed by atoms with Crippen LogP contribution in [-0.4, -0.2) is 34.4 Å². The number of carbonyl (C=O) groups is 1. The van der Waals surface area contributed by atoms with Crippen LogP contribution in [0.25, 0.3) is 0 Å². The lowest BCUT2D eigenvalue weighted by Crippen LogP contribution is -2.44. The molecule has 1 aliphatic heterocycles. The van der Waals surface area contributed by atoms with Crippen molar-refractivity contribution in [3.8, 4) is 0 Å². The maximum absolute atomic E-state index is 12.2. The highest BCUT2D eigenvalue weighted by molar-refractivity contribution is 8.00. The van der Waals surface area contributed by atoms with E-state index in [9.17, 15) is 4.79 Å². The predicted octanol–water partition coefficient (Wildman–Crippen LogP) is 2.87. The Morgan fingerprint density at radius 2 is 1.83 bits per heavy atom. The maximum Gasteiger partial charge on any atom is 0.227 e. The number of nitrogens with zero attached hydrogens (tertiary/aromatic N) is 1. The van der Waals surface area contributed by atoms with E-state index in [2.05, 4.69) is 26.5 Å². The topological polar surface area (TPSA) is 20.3 Å². The Morgan fingerprint density at radius 1 is 1.28 bits per heavy atom. The first-order valence-corrected chi connectivity index (χ1v) is 7.64. The molecule has 0 saturated carbocycles. The summed E-state index contributed by atoms with van der Waals surface area (Å²) in [6.07, 6.45) is 0.498. The third kappa shape index (κ3) is 3.69. The van der Waals surface area contributed by atoms with Crippen LogP contribution >= 0.6 is 24.4 Å². The summed E-state index contributed by atoms with van der Waals surface area (Å²) >= 11 is 6.22. The molecule has 2 unspecified atom stereocenters. The highest BCUT2D eigenvalue weighted by Gasteiger charge is 2.25. The molecule has 1 heterocycles. The smallest absolute Gasteiger partial charge is 0.227 e. The van der Waals surface area contributed by atoms with Gasteiger partial charge in [0.2, 0.25) is 5.91 Å². The Hall–Kier alpha value is -0.610. The van der Waals surface area contributed by atoms with Gasteiger partial charge in [-0.25, -0.2) is 0 Å². The van der Waals surface area contributed by atoms with Gasteiger partial charge in [-0.05, 0) is 17.7 Å². The average molecular weight is 281 g/mol. The highest BCUT2D eigenvalue weighted by Crippen LogP contribution is 2.25. The van der Waals surface area contributed by atoms with Gasteiger partial charge in [0.05, 0.1) is 6.42 Å². The van der Waals surface area contributed by atoms with Crippen molar-refractivity contribution < 1.29 is 4.79 Å². The lowest BCUT2D eigenvalue weighted by molar-refractivity contribution is -0.130. The normalized spacial score (nSPS) is 24.1. The summed E-state index contributed by atoms with van der Waals surface area (Å²) < 4.78 is 0. The molecule has 1 saturated heterocycles. The van der Waals surface area contributed by atoms with Crippen LogP contribution in [0.15, 0.2) is 29.2 Å². The number of hydrogen-bond donors (Lipinski definition) is 1. The Morgan fingerprint density at radius 3 is 2.39 bits per heavy atom. The molecule has 4 heteroatoms. The summed E-state index contributed by atoms with van der Waals surface area (Å²) in [5.41, 5.74) is 1.07. The lowest BCUT2D eigenvalue weighted by Gasteiger charge is -2.34. The van der Waals surface area contributed by atoms with Crippen LogP contribution in [0.5, 0.6) is 0 Å². The van der Waals surface area contributed by atoms with Crippen molar-refractivity contribution in [2.75, 3.05) is 13.1 Å². The predicted molar refractivity (Wildman–Crippen MR) is 80.5 cm³/mol. The van der Waals surface area contributed by atoms with Gasteiger partial charge in [0.15, 0.2) is 0 Å². The van der Waals surface area contributed by atoms with Crippen molar-refractivity contribution in [2.24, 2.45) is 0 Å². The second-order valence-electron chi connectivity index (χ2n) is 4.90. The molecule has 0 aliphatic carbocycles. The second kappa shape index (κ2) is 6.02. The maximum atomic E-state index is 12.2. The van der Waals surface area contributed by atoms with Crippen molar-refractivity contribution in [1.82, 2.24) is 4.90 Å². The van der Waals surface area contributed by atoms with Gasteiger partial charge in [0.25, 0.3) is 0 Å². The molecule has 2 atom stereocenters. The number of thiol groups is 1. The van der Waals surface area contributed by atoms with Gasteiger partial charge in [-0.15, -0.1) is 12.6 Å². The van der Waals surface area contributed by atoms with Crippen molar-refractivity contribution in [3.05, 3.63) is 29.8 Å². The molecule has 0 spiro atoms. The van der Waals surface area contributed by atoms with Crippen LogP contribution in [0.4, 0.5) is 0 Å². The Labute approximate surface area is 119 Å². The minimum Gasteiger partial charge on any atom is -0.340 e. The fourth-order valence-corrected chi connectivity index (χ4v) is 3.76. The van der Waals surface area contributed by atoms with Crippen LogP contribution in [0.2, 0.25) is 0 Å². The van der Waals surface area contributed by atoms with Crippen LogP contribution in [0, 0.1) is 0 Å². The molecular weight excluding hydrogens is 262 g/mol. The van der Waals surface area contributed by atoms with E-state index in [1.165, 1.54) is 0 Å². The van der Waals surface area contributed by atoms with Gasteiger partial charge >= 0.3 is 0 Å². The third-order valence-corrected chi connectivity index (χ3v) is 4.59. The molecule has 2 nitrogen and oxygen atoms in total. The number of hydrogen-bond acceptors (Lipinski definition) is 3. The molecule has 1 amide bonds. The zero-order chi connectivity index (χ0) is 13.1. The number of benzene rings is 1. The monoisotopic (exact) mass is 281 g/mol. The standard InChI is InChI=1S/C14H19NOS2/c1-10-8-15(9-11(2)18-10)14(16)7-12-3-5-13(17)6-4-12/h3-6,10-11,17H,7-9H2,1-2H3. The first kappa shape index (κ1) is 13.8. The van der Waals surface area contributed by atoms with E-state index in [1.807, 2.05) is 40.9 Å². The van der Waals surface area contributed by atoms with E-state index in [4.69, 9.17) is 0 Å². The van der Waals surface area contributed by atoms with E-state index in [0.29, 0.717) is 16.9 Å². The van der Waals surface area contributed by atoms with Gasteiger partial charge in [-0.1, -0.05) is 26.0 Å². The Bertz CT molecular complexity index is 408. The van der Waals surface area contributed by atoms with Crippen LogP contribution < -0.4 is 0 Å². The van der Waals surface area contributed by atoms with E-state index in [-0.39, 0.29) is 5.91 Å². The second-order valence-corrected chi connectivity index (χ2v) is 7.30. The van der Waals surface area contributed by atoms with E-state index in [0.717, 1.165) is 23.5 Å². The fourth-order valence-electron chi connectivity index (χ4n) is 2.28. The van der Waals surface area contributed by atoms with Crippen LogP contribution in [0.1, 0.15) is 19.4 Å². The Balaban J connectivity index is 1.97. The first-order chi connectivity index (χ1) is 8.54. The number of rotatable bonds is 2. The molecule has 0 bridgehead atoms. The molecular formula is C14H19NOS2. The molecule has 1 aromatic rings. The summed E-state index contributed by atoms with van der Waals surface area (Å²) in [6, 6.07) is 7.82. The molecule has 0 aromatic heterocycles. The zero-order valence-corrected chi connectivity index (χ0v) is 12.5. The molecule has 1 aliphatic rings. The summed E-state index contributed by atoms with van der Waals surface area (Å²) in [6.45, 7) is 6.13. The molecule has 18 heavy (non-hydrogen) atoms. The summed E-state index contributed by atoms with van der Waals surface area (Å²) in [5.74, 6) is 0.237. The SMILES string of the molecule is CC1CN(C(=O)Cc2ccc(S)cc2)CC(C)S1. The molecule has 2 rings (SSSR count). The zero-order valence-electron chi connectivity index (χ0n) is 10.8. The Kier molecular flexibility index (Phi) is 4.62. The van der Waals surface area contributed by atoms with Gasteiger partial charge in [-0.3, -0.25) is 4.79 Å². The van der Waals surface area contributed by atoms with Gasteiger partial charge in [0.1, 0.15) is 0 Å². The van der Waals surface area contributed by atoms with Gasteiger partial charge < -0.3 is 4.90 Å². The number of amides is 1. The molecule has 1 fully saturated rings. The van der Waals surface area contributed by atoms with Crippen LogP contribution in [-0.2, 0) is 11.2 Å². The van der Waals surface area contributed by atoms with E-state index >= 15 is 0 Å². The van der Waals surface area contributed by atoms with Gasteiger partial charge in [-0.2, -0.15) is 11.8 Å². The average Bonchev–Trinajstić information content (AvgIpc) is 2.31. The summed E-state index contributed by atoms with van der Waals surface area (Å²) in [5, 5.41) is 1.08. The van der Waals surface area contributed by atoms with Crippen molar-refractivity contribution >= 4 is 30.3 Å². The van der Waals surface area contributed by atoms with Crippen LogP contribution in [0.3, 0.4) is 0 Å². The molecule has 1 aromatic carbocycles. The largest absolute Gasteiger partial charge is 0.340 e. The van der Waals surface area contributed by atoms with E-state index in [1.54, 1.807) is 0 Å². The van der Waals surface area contributed by atoms with Crippen molar-refractivity contribution in [2.45, 2.75) is 35.7 Å². The third-order valence-electron chi connectivity index (χ3n) is 3.06. The summed E-state index contributed by atoms with van der Waals surface area (Å²) in [7, 11) is 0. The minimum atomic E-state index is 0.237. The quantitative estimate of drug-likeness (QED) is 0.841. The lowest BCUT2D eigenvalue weighted by atomic mass is 10.1. The number of thioether (sulfide) groups is 1. The number of carbonyl (C=O) groups excluding carboxylic acids is 1. The van der Waals surface area contributed by atoms with Crippen molar-refractivity contribution in [1.29, 1.82) is 0 Å². The highest BCUT2D eigenvalue weighted by atomic mass is 32.2. The molecule has 98 valence electrons. The molecule has 0 radical (unpaired) electrons. The first-order valence-electron chi connectivity index (χ1n) is 6.25. The summed E-state index contributed by atoms with van der Waals surface area (Å²) in [4.78, 5) is 15.2. The van der Waals surface area contributed by atoms with E-state index < -0.39 is 0 Å². The molecule has 0 N–H and O–H groups in total. The van der Waals surface area contributed by atoms with Crippen molar-refractivity contribution in [3.63, 3.8) is 0 Å². The van der Waals surface area contributed by atoms with Gasteiger partial charge in [0, 0.05) is 28.5 Å².